The van der Waals surface area contributed by atoms with E-state index >= 15 is 0 Å². The average Bonchev–Trinajstić information content (AvgIpc) is 3.43. The maximum atomic E-state index is 5.91. The molecule has 1 fully saturated rings. The van der Waals surface area contributed by atoms with Gasteiger partial charge in [0.15, 0.2) is 23.0 Å². The molecular formula is C23H26O6S. The number of thioether (sulfide) groups is 1. The molecule has 3 aliphatic rings. The first-order valence-electron chi connectivity index (χ1n) is 10.1. The van der Waals surface area contributed by atoms with Gasteiger partial charge in [0.2, 0.25) is 18.3 Å². The van der Waals surface area contributed by atoms with Crippen LogP contribution in [0.4, 0.5) is 0 Å². The number of hydrogen-bond donors (Lipinski definition) is 0. The molecule has 0 amide bonds. The van der Waals surface area contributed by atoms with Gasteiger partial charge in [-0.2, -0.15) is 11.8 Å². The SMILES string of the molecule is COc1cc([C@H]2c3c(cc4c(c3OC)OCO4)C[C@H]3CSC[C@@H]32)cc(OC)c1OC. The summed E-state index contributed by atoms with van der Waals surface area (Å²) in [6.45, 7) is 0.228. The summed E-state index contributed by atoms with van der Waals surface area (Å²) in [4.78, 5) is 0. The second-order valence-electron chi connectivity index (χ2n) is 7.82. The van der Waals surface area contributed by atoms with Gasteiger partial charge in [0, 0.05) is 11.5 Å². The Kier molecular flexibility index (Phi) is 5.01. The van der Waals surface area contributed by atoms with E-state index in [4.69, 9.17) is 28.4 Å². The Labute approximate surface area is 180 Å². The van der Waals surface area contributed by atoms with Gasteiger partial charge >= 0.3 is 0 Å². The molecular weight excluding hydrogens is 404 g/mol. The van der Waals surface area contributed by atoms with Gasteiger partial charge in [0.05, 0.1) is 28.4 Å². The number of hydrogen-bond acceptors (Lipinski definition) is 7. The van der Waals surface area contributed by atoms with Crippen LogP contribution in [-0.2, 0) is 6.42 Å². The lowest BCUT2D eigenvalue weighted by Crippen LogP contribution is -2.30. The summed E-state index contributed by atoms with van der Waals surface area (Å²) in [7, 11) is 6.65. The van der Waals surface area contributed by atoms with E-state index in [1.807, 2.05) is 11.8 Å². The van der Waals surface area contributed by atoms with Crippen molar-refractivity contribution in [1.82, 2.24) is 0 Å². The maximum Gasteiger partial charge on any atom is 0.231 e. The topological polar surface area (TPSA) is 55.4 Å². The van der Waals surface area contributed by atoms with Crippen LogP contribution in [0.25, 0.3) is 0 Å². The second-order valence-corrected chi connectivity index (χ2v) is 8.89. The second kappa shape index (κ2) is 7.69. The average molecular weight is 431 g/mol. The van der Waals surface area contributed by atoms with Gasteiger partial charge in [0.25, 0.3) is 0 Å². The van der Waals surface area contributed by atoms with Crippen LogP contribution < -0.4 is 28.4 Å². The summed E-state index contributed by atoms with van der Waals surface area (Å²) >= 11 is 2.03. The highest BCUT2D eigenvalue weighted by atomic mass is 32.2. The molecule has 0 unspecified atom stereocenters. The van der Waals surface area contributed by atoms with Crippen LogP contribution in [-0.4, -0.2) is 46.7 Å². The summed E-state index contributed by atoms with van der Waals surface area (Å²) < 4.78 is 34.3. The van der Waals surface area contributed by atoms with Crippen molar-refractivity contribution in [2.75, 3.05) is 46.7 Å². The molecule has 2 heterocycles. The fraction of sp³-hybridized carbons (Fsp3) is 0.478. The molecule has 7 heteroatoms. The van der Waals surface area contributed by atoms with Gasteiger partial charge in [0.1, 0.15) is 0 Å². The maximum absolute atomic E-state index is 5.91. The van der Waals surface area contributed by atoms with E-state index in [-0.39, 0.29) is 12.7 Å². The Morgan fingerprint density at radius 3 is 2.27 bits per heavy atom. The van der Waals surface area contributed by atoms with E-state index in [0.717, 1.165) is 29.2 Å². The van der Waals surface area contributed by atoms with Crippen LogP contribution in [0.2, 0.25) is 0 Å². The zero-order chi connectivity index (χ0) is 20.8. The quantitative estimate of drug-likeness (QED) is 0.707. The van der Waals surface area contributed by atoms with Crippen molar-refractivity contribution in [1.29, 1.82) is 0 Å². The normalized spacial score (nSPS) is 23.5. The number of methoxy groups -OCH3 is 4. The molecule has 2 aromatic carbocycles. The largest absolute Gasteiger partial charge is 0.493 e. The third-order valence-electron chi connectivity index (χ3n) is 6.46. The zero-order valence-electron chi connectivity index (χ0n) is 17.7. The van der Waals surface area contributed by atoms with Crippen LogP contribution in [0.1, 0.15) is 22.6 Å². The van der Waals surface area contributed by atoms with Crippen LogP contribution in [0.15, 0.2) is 18.2 Å². The molecule has 1 aliphatic carbocycles. The molecule has 0 saturated carbocycles. The summed E-state index contributed by atoms with van der Waals surface area (Å²) in [5.41, 5.74) is 3.61. The predicted molar refractivity (Wildman–Crippen MR) is 115 cm³/mol. The van der Waals surface area contributed by atoms with Crippen molar-refractivity contribution in [3.8, 4) is 34.5 Å². The van der Waals surface area contributed by atoms with Gasteiger partial charge in [-0.3, -0.25) is 0 Å². The molecule has 0 bridgehead atoms. The highest BCUT2D eigenvalue weighted by molar-refractivity contribution is 7.99. The van der Waals surface area contributed by atoms with Crippen LogP contribution >= 0.6 is 11.8 Å². The van der Waals surface area contributed by atoms with Crippen LogP contribution in [0, 0.1) is 11.8 Å². The third-order valence-corrected chi connectivity index (χ3v) is 7.75. The van der Waals surface area contributed by atoms with Gasteiger partial charge in [-0.15, -0.1) is 0 Å². The number of benzene rings is 2. The van der Waals surface area contributed by atoms with Crippen molar-refractivity contribution in [3.63, 3.8) is 0 Å². The minimum absolute atomic E-state index is 0.145. The summed E-state index contributed by atoms with van der Waals surface area (Å²) in [5.74, 6) is 7.75. The standard InChI is InChI=1S/C23H26O6S/c1-24-16-6-13(7-17(25-2)21(16)26-3)19-15-10-30-9-14(15)5-12-8-18-22(29-11-28-18)23(27-4)20(12)19/h6-8,14-15,19H,5,9-11H2,1-4H3/t14-,15-,19+/m0/s1. The molecule has 1 saturated heterocycles. The van der Waals surface area contributed by atoms with Crippen LogP contribution in [0.3, 0.4) is 0 Å². The van der Waals surface area contributed by atoms with Crippen molar-refractivity contribution in [3.05, 3.63) is 34.9 Å². The van der Waals surface area contributed by atoms with E-state index in [0.29, 0.717) is 34.8 Å². The molecule has 0 spiro atoms. The molecule has 6 nitrogen and oxygen atoms in total. The minimum atomic E-state index is 0.145. The minimum Gasteiger partial charge on any atom is -0.493 e. The first kappa shape index (κ1) is 19.5. The highest BCUT2D eigenvalue weighted by Crippen LogP contribution is 2.57. The lowest BCUT2D eigenvalue weighted by Gasteiger charge is -2.37. The molecule has 0 N–H and O–H groups in total. The Morgan fingerprint density at radius 1 is 0.867 bits per heavy atom. The fourth-order valence-corrected chi connectivity index (χ4v) is 6.72. The molecule has 3 atom stereocenters. The number of fused-ring (bicyclic) bond motifs is 3. The molecule has 2 aromatic rings. The summed E-state index contributed by atoms with van der Waals surface area (Å²) in [6.07, 6.45) is 1.03. The fourth-order valence-electron chi connectivity index (χ4n) is 5.18. The molecule has 2 aliphatic heterocycles. The Bertz CT molecular complexity index is 950. The first-order chi connectivity index (χ1) is 14.7. The molecule has 160 valence electrons. The summed E-state index contributed by atoms with van der Waals surface area (Å²) in [5, 5.41) is 0. The Balaban J connectivity index is 1.74. The van der Waals surface area contributed by atoms with E-state index in [1.54, 1.807) is 28.4 Å². The van der Waals surface area contributed by atoms with E-state index in [1.165, 1.54) is 16.9 Å². The zero-order valence-corrected chi connectivity index (χ0v) is 18.5. The van der Waals surface area contributed by atoms with Gasteiger partial charge < -0.3 is 28.4 Å². The lowest BCUT2D eigenvalue weighted by atomic mass is 9.67. The first-order valence-corrected chi connectivity index (χ1v) is 11.2. The summed E-state index contributed by atoms with van der Waals surface area (Å²) in [6, 6.07) is 6.29. The predicted octanol–water partition coefficient (Wildman–Crippen LogP) is 4.12. The van der Waals surface area contributed by atoms with Crippen molar-refractivity contribution >= 4 is 11.8 Å². The lowest BCUT2D eigenvalue weighted by molar-refractivity contribution is 0.171. The van der Waals surface area contributed by atoms with Gasteiger partial charge in [-0.05, 0) is 59.1 Å². The Hall–Kier alpha value is -2.41. The van der Waals surface area contributed by atoms with E-state index < -0.39 is 0 Å². The number of ether oxygens (including phenoxy) is 6. The smallest absolute Gasteiger partial charge is 0.231 e. The Morgan fingerprint density at radius 2 is 1.60 bits per heavy atom. The van der Waals surface area contributed by atoms with Gasteiger partial charge in [-0.1, -0.05) is 0 Å². The molecule has 30 heavy (non-hydrogen) atoms. The van der Waals surface area contributed by atoms with Crippen LogP contribution in [0.5, 0.6) is 34.5 Å². The van der Waals surface area contributed by atoms with E-state index in [9.17, 15) is 0 Å². The molecule has 0 radical (unpaired) electrons. The highest BCUT2D eigenvalue weighted by Gasteiger charge is 2.44. The van der Waals surface area contributed by atoms with Gasteiger partial charge in [-0.25, -0.2) is 0 Å². The molecule has 0 aromatic heterocycles. The third kappa shape index (κ3) is 2.86. The van der Waals surface area contributed by atoms with Crippen molar-refractivity contribution in [2.24, 2.45) is 11.8 Å². The monoisotopic (exact) mass is 430 g/mol. The number of rotatable bonds is 5. The van der Waals surface area contributed by atoms with E-state index in [2.05, 4.69) is 18.2 Å². The van der Waals surface area contributed by atoms with Crippen molar-refractivity contribution < 1.29 is 28.4 Å². The van der Waals surface area contributed by atoms with Crippen molar-refractivity contribution in [2.45, 2.75) is 12.3 Å². The molecule has 5 rings (SSSR count).